The van der Waals surface area contributed by atoms with Crippen molar-refractivity contribution in [3.63, 3.8) is 0 Å². The molecular formula is C26H26F2N4O. The number of aromatic nitrogens is 2. The summed E-state index contributed by atoms with van der Waals surface area (Å²) in [6.45, 7) is 1.53. The van der Waals surface area contributed by atoms with E-state index in [9.17, 15) is 13.6 Å². The molecule has 33 heavy (non-hydrogen) atoms. The van der Waals surface area contributed by atoms with Gasteiger partial charge in [0, 0.05) is 36.2 Å². The first kappa shape index (κ1) is 21.5. The quantitative estimate of drug-likeness (QED) is 0.599. The van der Waals surface area contributed by atoms with Crippen molar-refractivity contribution in [2.24, 2.45) is 5.92 Å². The maximum Gasteiger partial charge on any atom is 0.223 e. The van der Waals surface area contributed by atoms with Gasteiger partial charge in [0.2, 0.25) is 5.91 Å². The van der Waals surface area contributed by atoms with Crippen LogP contribution in [0.15, 0.2) is 54.7 Å². The molecule has 0 bridgehead atoms. The average Bonchev–Trinajstić information content (AvgIpc) is 2.79. The van der Waals surface area contributed by atoms with E-state index < -0.39 is 0 Å². The summed E-state index contributed by atoms with van der Waals surface area (Å²) in [6.07, 6.45) is 6.61. The molecule has 1 amide bonds. The Morgan fingerprint density at radius 2 is 1.42 bits per heavy atom. The van der Waals surface area contributed by atoms with Crippen molar-refractivity contribution in [3.8, 4) is 22.5 Å². The normalized spacial score (nSPS) is 17.0. The van der Waals surface area contributed by atoms with E-state index in [1.165, 1.54) is 24.3 Å². The fourth-order valence-corrected chi connectivity index (χ4v) is 4.40. The van der Waals surface area contributed by atoms with Gasteiger partial charge in [-0.3, -0.25) is 9.78 Å². The Morgan fingerprint density at radius 3 is 1.97 bits per heavy atom. The number of nitrogens with zero attached hydrogens (tertiary/aromatic N) is 3. The number of carbonyl (C=O) groups is 1. The van der Waals surface area contributed by atoms with Crippen molar-refractivity contribution in [1.82, 2.24) is 15.3 Å². The van der Waals surface area contributed by atoms with Gasteiger partial charge in [0.05, 0.1) is 17.6 Å². The summed E-state index contributed by atoms with van der Waals surface area (Å²) in [7, 11) is 0. The number of hydrogen-bond acceptors (Lipinski definition) is 4. The predicted octanol–water partition coefficient (Wildman–Crippen LogP) is 4.97. The van der Waals surface area contributed by atoms with E-state index in [-0.39, 0.29) is 29.5 Å². The van der Waals surface area contributed by atoms with Gasteiger partial charge in [-0.1, -0.05) is 6.42 Å². The van der Waals surface area contributed by atoms with Gasteiger partial charge >= 0.3 is 0 Å². The first-order valence-corrected chi connectivity index (χ1v) is 11.5. The number of hydrogen-bond donors (Lipinski definition) is 1. The van der Waals surface area contributed by atoms with Crippen LogP contribution in [0, 0.1) is 17.6 Å². The largest absolute Gasteiger partial charge is 0.355 e. The monoisotopic (exact) mass is 448 g/mol. The first-order chi connectivity index (χ1) is 16.1. The second-order valence-electron chi connectivity index (χ2n) is 8.84. The maximum atomic E-state index is 13.5. The smallest absolute Gasteiger partial charge is 0.223 e. The lowest BCUT2D eigenvalue weighted by atomic mass is 9.84. The summed E-state index contributed by atoms with van der Waals surface area (Å²) in [5.74, 6) is 0.494. The number of nitrogens with one attached hydrogen (secondary N) is 1. The summed E-state index contributed by atoms with van der Waals surface area (Å²) in [4.78, 5) is 24.0. The highest BCUT2D eigenvalue weighted by atomic mass is 19.1. The highest BCUT2D eigenvalue weighted by molar-refractivity contribution is 5.80. The summed E-state index contributed by atoms with van der Waals surface area (Å²) in [6, 6.07) is 12.5. The third-order valence-corrected chi connectivity index (χ3v) is 6.64. The van der Waals surface area contributed by atoms with Crippen molar-refractivity contribution in [3.05, 3.63) is 66.4 Å². The zero-order valence-corrected chi connectivity index (χ0v) is 18.3. The lowest BCUT2D eigenvalue weighted by molar-refractivity contribution is -0.128. The number of piperidine rings is 1. The van der Waals surface area contributed by atoms with Crippen molar-refractivity contribution in [2.75, 3.05) is 18.0 Å². The van der Waals surface area contributed by atoms with Crippen molar-refractivity contribution >= 4 is 11.7 Å². The molecule has 1 aromatic heterocycles. The minimum Gasteiger partial charge on any atom is -0.355 e. The second-order valence-corrected chi connectivity index (χ2v) is 8.84. The third kappa shape index (κ3) is 4.72. The van der Waals surface area contributed by atoms with Crippen LogP contribution in [0.25, 0.3) is 22.5 Å². The van der Waals surface area contributed by atoms with E-state index in [0.717, 1.165) is 62.1 Å². The van der Waals surface area contributed by atoms with Crippen molar-refractivity contribution in [2.45, 2.75) is 38.1 Å². The minimum absolute atomic E-state index is 0.192. The van der Waals surface area contributed by atoms with Crippen LogP contribution in [0.1, 0.15) is 32.1 Å². The first-order valence-electron chi connectivity index (χ1n) is 11.5. The molecule has 1 aliphatic carbocycles. The van der Waals surface area contributed by atoms with Gasteiger partial charge in [0.1, 0.15) is 17.5 Å². The van der Waals surface area contributed by atoms with Gasteiger partial charge in [-0.25, -0.2) is 13.8 Å². The lowest BCUT2D eigenvalue weighted by Gasteiger charge is -2.35. The van der Waals surface area contributed by atoms with Crippen LogP contribution in [0.3, 0.4) is 0 Å². The van der Waals surface area contributed by atoms with Crippen molar-refractivity contribution < 1.29 is 13.6 Å². The fraction of sp³-hybridized carbons (Fsp3) is 0.346. The molecule has 170 valence electrons. The summed E-state index contributed by atoms with van der Waals surface area (Å²) in [5, 5.41) is 3.20. The highest BCUT2D eigenvalue weighted by Gasteiger charge is 2.29. The predicted molar refractivity (Wildman–Crippen MR) is 124 cm³/mol. The molecule has 1 saturated heterocycles. The Balaban J connectivity index is 1.37. The van der Waals surface area contributed by atoms with Crippen molar-refractivity contribution in [1.29, 1.82) is 0 Å². The molecule has 5 rings (SSSR count). The van der Waals surface area contributed by atoms with E-state index in [2.05, 4.69) is 15.2 Å². The number of rotatable bonds is 5. The second kappa shape index (κ2) is 9.25. The van der Waals surface area contributed by atoms with Crippen LogP contribution in [0.4, 0.5) is 14.6 Å². The van der Waals surface area contributed by atoms with E-state index in [1.807, 2.05) is 0 Å². The number of benzene rings is 2. The van der Waals surface area contributed by atoms with Crippen LogP contribution in [0.2, 0.25) is 0 Å². The Hall–Kier alpha value is -3.35. The molecule has 5 nitrogen and oxygen atoms in total. The molecule has 0 unspecified atom stereocenters. The Morgan fingerprint density at radius 1 is 0.848 bits per heavy atom. The molecular weight excluding hydrogens is 422 g/mol. The molecule has 7 heteroatoms. The van der Waals surface area contributed by atoms with Gasteiger partial charge in [-0.05, 0) is 74.2 Å². The standard InChI is InChI=1S/C26H26F2N4O/c27-20-8-4-17(5-9-20)24-25(18-6-10-21(28)11-7-18)31-23(16-29-24)32-14-12-22(13-15-32)30-26(33)19-2-1-3-19/h4-11,16,19,22H,1-3,12-15H2,(H,30,33). The van der Waals surface area contributed by atoms with Crippen LogP contribution in [-0.4, -0.2) is 35.0 Å². The molecule has 0 spiro atoms. The van der Waals surface area contributed by atoms with E-state index >= 15 is 0 Å². The summed E-state index contributed by atoms with van der Waals surface area (Å²) in [5.41, 5.74) is 2.73. The highest BCUT2D eigenvalue weighted by Crippen LogP contribution is 2.32. The zero-order chi connectivity index (χ0) is 22.8. The average molecular weight is 449 g/mol. The molecule has 0 atom stereocenters. The van der Waals surface area contributed by atoms with Gasteiger partial charge in [-0.15, -0.1) is 0 Å². The van der Waals surface area contributed by atoms with Crippen LogP contribution in [-0.2, 0) is 4.79 Å². The number of amides is 1. The van der Waals surface area contributed by atoms with Crippen LogP contribution < -0.4 is 10.2 Å². The molecule has 2 fully saturated rings. The maximum absolute atomic E-state index is 13.5. The molecule has 1 aliphatic heterocycles. The van der Waals surface area contributed by atoms with Gasteiger partial charge in [0.15, 0.2) is 0 Å². The van der Waals surface area contributed by atoms with E-state index in [4.69, 9.17) is 4.98 Å². The molecule has 0 radical (unpaired) electrons. The summed E-state index contributed by atoms with van der Waals surface area (Å²) < 4.78 is 27.0. The number of halogens is 2. The fourth-order valence-electron chi connectivity index (χ4n) is 4.40. The van der Waals surface area contributed by atoms with Gasteiger partial charge in [-0.2, -0.15) is 0 Å². The van der Waals surface area contributed by atoms with E-state index in [1.54, 1.807) is 30.5 Å². The molecule has 2 aliphatic rings. The molecule has 2 aromatic carbocycles. The topological polar surface area (TPSA) is 58.1 Å². The molecule has 1 N–H and O–H groups in total. The zero-order valence-electron chi connectivity index (χ0n) is 18.3. The minimum atomic E-state index is -0.322. The number of carbonyl (C=O) groups excluding carboxylic acids is 1. The third-order valence-electron chi connectivity index (χ3n) is 6.64. The Bertz CT molecular complexity index is 1120. The van der Waals surface area contributed by atoms with E-state index in [0.29, 0.717) is 11.4 Å². The Kier molecular flexibility index (Phi) is 6.03. The molecule has 3 aromatic rings. The Labute approximate surface area is 191 Å². The van der Waals surface area contributed by atoms with Crippen LogP contribution >= 0.6 is 0 Å². The molecule has 2 heterocycles. The van der Waals surface area contributed by atoms with Gasteiger partial charge in [0.25, 0.3) is 0 Å². The summed E-state index contributed by atoms with van der Waals surface area (Å²) >= 11 is 0. The number of anilines is 1. The van der Waals surface area contributed by atoms with Crippen LogP contribution in [0.5, 0.6) is 0 Å². The lowest BCUT2D eigenvalue weighted by Crippen LogP contribution is -2.47. The van der Waals surface area contributed by atoms with Gasteiger partial charge < -0.3 is 10.2 Å². The SMILES string of the molecule is O=C(NC1CCN(c2cnc(-c3ccc(F)cc3)c(-c3ccc(F)cc3)n2)CC1)C1CCC1. The molecule has 1 saturated carbocycles.